The van der Waals surface area contributed by atoms with E-state index >= 15 is 0 Å². The fraction of sp³-hybridized carbons (Fsp3) is 0.231. The topological polar surface area (TPSA) is 107 Å². The van der Waals surface area contributed by atoms with Gasteiger partial charge in [0, 0.05) is 13.0 Å². The highest BCUT2D eigenvalue weighted by molar-refractivity contribution is 5.93. The molecule has 0 atom stereocenters. The Kier molecular flexibility index (Phi) is 3.79. The number of amides is 3. The van der Waals surface area contributed by atoms with Crippen molar-refractivity contribution in [2.75, 3.05) is 0 Å². The monoisotopic (exact) mass is 274 g/mol. The van der Waals surface area contributed by atoms with Gasteiger partial charge in [-0.2, -0.15) is 0 Å². The van der Waals surface area contributed by atoms with E-state index in [2.05, 4.69) is 4.98 Å². The van der Waals surface area contributed by atoms with Gasteiger partial charge >= 0.3 is 6.03 Å². The highest BCUT2D eigenvalue weighted by Crippen LogP contribution is 2.07. The van der Waals surface area contributed by atoms with E-state index in [1.807, 2.05) is 5.32 Å². The number of fused-ring (bicyclic) bond motifs is 1. The number of benzene rings is 1. The first-order chi connectivity index (χ1) is 9.49. The second kappa shape index (κ2) is 5.52. The number of aromatic nitrogens is 2. The molecule has 1 heterocycles. The number of primary amides is 1. The first-order valence-electron chi connectivity index (χ1n) is 6.04. The molecule has 104 valence electrons. The van der Waals surface area contributed by atoms with Crippen LogP contribution in [0.4, 0.5) is 4.79 Å². The molecule has 0 aliphatic heterocycles. The lowest BCUT2D eigenvalue weighted by molar-refractivity contribution is -0.120. The zero-order valence-corrected chi connectivity index (χ0v) is 10.9. The summed E-state index contributed by atoms with van der Waals surface area (Å²) in [6.45, 7) is 1.83. The molecule has 7 heteroatoms. The van der Waals surface area contributed by atoms with Crippen molar-refractivity contribution >= 4 is 22.8 Å². The van der Waals surface area contributed by atoms with Crippen molar-refractivity contribution in [2.45, 2.75) is 19.9 Å². The summed E-state index contributed by atoms with van der Waals surface area (Å²) in [5.41, 5.74) is 5.25. The van der Waals surface area contributed by atoms with Gasteiger partial charge in [0.25, 0.3) is 5.56 Å². The summed E-state index contributed by atoms with van der Waals surface area (Å²) in [7, 11) is 0. The number of para-hydroxylation sites is 1. The summed E-state index contributed by atoms with van der Waals surface area (Å²) in [4.78, 5) is 38.5. The number of carbonyl (C=O) groups excluding carboxylic acids is 2. The summed E-state index contributed by atoms with van der Waals surface area (Å²) < 4.78 is 1.41. The van der Waals surface area contributed by atoms with Crippen LogP contribution < -0.4 is 16.6 Å². The number of nitrogens with one attached hydrogen (secondary N) is 1. The highest BCUT2D eigenvalue weighted by atomic mass is 16.2. The van der Waals surface area contributed by atoms with Crippen LogP contribution in [0.5, 0.6) is 0 Å². The number of hydrogen-bond donors (Lipinski definition) is 2. The normalized spacial score (nSPS) is 10.4. The van der Waals surface area contributed by atoms with E-state index in [0.717, 1.165) is 0 Å². The molecular formula is C13H14N4O3. The zero-order chi connectivity index (χ0) is 14.7. The zero-order valence-electron chi connectivity index (χ0n) is 10.9. The average molecular weight is 274 g/mol. The molecule has 1 aromatic heterocycles. The minimum absolute atomic E-state index is 0.0241. The number of imide groups is 1. The van der Waals surface area contributed by atoms with Crippen LogP contribution in [-0.4, -0.2) is 21.5 Å². The van der Waals surface area contributed by atoms with Crippen molar-refractivity contribution in [3.05, 3.63) is 40.4 Å². The fourth-order valence-corrected chi connectivity index (χ4v) is 1.96. The Hall–Kier alpha value is -2.70. The van der Waals surface area contributed by atoms with Gasteiger partial charge in [-0.25, -0.2) is 9.78 Å². The Morgan fingerprint density at radius 2 is 2.05 bits per heavy atom. The quantitative estimate of drug-likeness (QED) is 0.838. The van der Waals surface area contributed by atoms with E-state index < -0.39 is 11.9 Å². The molecular weight excluding hydrogens is 260 g/mol. The van der Waals surface area contributed by atoms with Crippen LogP contribution in [0.2, 0.25) is 0 Å². The van der Waals surface area contributed by atoms with Gasteiger partial charge in [0.1, 0.15) is 5.82 Å². The van der Waals surface area contributed by atoms with E-state index in [0.29, 0.717) is 16.7 Å². The maximum Gasteiger partial charge on any atom is 0.318 e. The van der Waals surface area contributed by atoms with E-state index in [1.165, 1.54) is 4.57 Å². The molecule has 3 N–H and O–H groups in total. The standard InChI is InChI=1S/C13H14N4O3/c1-8-15-10-5-3-2-4-9(10)12(19)17(8)7-6-11(18)16-13(14)20/h2-5H,6-7H2,1H3,(H3,14,16,18,20). The van der Waals surface area contributed by atoms with Crippen LogP contribution >= 0.6 is 0 Å². The van der Waals surface area contributed by atoms with Gasteiger partial charge < -0.3 is 5.73 Å². The Labute approximate surface area is 114 Å². The van der Waals surface area contributed by atoms with Gasteiger partial charge in [0.2, 0.25) is 5.91 Å². The molecule has 7 nitrogen and oxygen atoms in total. The number of aryl methyl sites for hydroxylation is 1. The molecule has 0 unspecified atom stereocenters. The maximum absolute atomic E-state index is 12.3. The number of carbonyl (C=O) groups is 2. The lowest BCUT2D eigenvalue weighted by atomic mass is 10.2. The third-order valence-corrected chi connectivity index (χ3v) is 2.88. The predicted octanol–water partition coefficient (Wildman–Crippen LogP) is 0.290. The molecule has 0 spiro atoms. The number of urea groups is 1. The van der Waals surface area contributed by atoms with Gasteiger partial charge in [-0.1, -0.05) is 12.1 Å². The van der Waals surface area contributed by atoms with Crippen molar-refractivity contribution in [3.8, 4) is 0 Å². The number of hydrogen-bond acceptors (Lipinski definition) is 4. The summed E-state index contributed by atoms with van der Waals surface area (Å²) in [6.07, 6.45) is -0.0241. The summed E-state index contributed by atoms with van der Waals surface area (Å²) in [5, 5.41) is 2.45. The van der Waals surface area contributed by atoms with Crippen molar-refractivity contribution in [1.29, 1.82) is 0 Å². The predicted molar refractivity (Wildman–Crippen MR) is 73.1 cm³/mol. The molecule has 2 rings (SSSR count). The summed E-state index contributed by atoms with van der Waals surface area (Å²) >= 11 is 0. The van der Waals surface area contributed by atoms with Gasteiger partial charge in [0.15, 0.2) is 0 Å². The summed E-state index contributed by atoms with van der Waals surface area (Å²) in [6, 6.07) is 6.09. The molecule has 2 aromatic rings. The Balaban J connectivity index is 2.28. The molecule has 0 bridgehead atoms. The summed E-state index contributed by atoms with van der Waals surface area (Å²) in [5.74, 6) is -0.0162. The molecule has 20 heavy (non-hydrogen) atoms. The smallest absolute Gasteiger partial charge is 0.318 e. The van der Waals surface area contributed by atoms with Crippen LogP contribution in [0.15, 0.2) is 29.1 Å². The van der Waals surface area contributed by atoms with Crippen LogP contribution in [0.1, 0.15) is 12.2 Å². The van der Waals surface area contributed by atoms with Crippen molar-refractivity contribution in [1.82, 2.24) is 14.9 Å². The second-order valence-corrected chi connectivity index (χ2v) is 4.30. The molecule has 0 saturated carbocycles. The minimum atomic E-state index is -0.907. The average Bonchev–Trinajstić information content (AvgIpc) is 2.37. The lowest BCUT2D eigenvalue weighted by Crippen LogP contribution is -2.36. The molecule has 0 aliphatic carbocycles. The maximum atomic E-state index is 12.3. The van der Waals surface area contributed by atoms with Crippen LogP contribution in [0, 0.1) is 6.92 Å². The molecule has 3 amide bonds. The van der Waals surface area contributed by atoms with Crippen molar-refractivity contribution in [2.24, 2.45) is 5.73 Å². The first kappa shape index (κ1) is 13.7. The first-order valence-corrected chi connectivity index (χ1v) is 6.04. The third kappa shape index (κ3) is 2.82. The highest BCUT2D eigenvalue weighted by Gasteiger charge is 2.10. The molecule has 0 fully saturated rings. The van der Waals surface area contributed by atoms with Crippen LogP contribution in [0.3, 0.4) is 0 Å². The van der Waals surface area contributed by atoms with Crippen LogP contribution in [0.25, 0.3) is 10.9 Å². The van der Waals surface area contributed by atoms with E-state index in [-0.39, 0.29) is 18.5 Å². The number of rotatable bonds is 3. The Bertz CT molecular complexity index is 736. The van der Waals surface area contributed by atoms with Gasteiger partial charge in [-0.3, -0.25) is 19.5 Å². The van der Waals surface area contributed by atoms with Crippen LogP contribution in [-0.2, 0) is 11.3 Å². The van der Waals surface area contributed by atoms with Gasteiger partial charge in [-0.05, 0) is 19.1 Å². The molecule has 1 aromatic carbocycles. The van der Waals surface area contributed by atoms with E-state index in [9.17, 15) is 14.4 Å². The minimum Gasteiger partial charge on any atom is -0.351 e. The number of nitrogens with zero attached hydrogens (tertiary/aromatic N) is 2. The third-order valence-electron chi connectivity index (χ3n) is 2.88. The van der Waals surface area contributed by atoms with Gasteiger partial charge in [0.05, 0.1) is 10.9 Å². The second-order valence-electron chi connectivity index (χ2n) is 4.30. The lowest BCUT2D eigenvalue weighted by Gasteiger charge is -2.10. The molecule has 0 saturated heterocycles. The number of nitrogens with two attached hydrogens (primary N) is 1. The van der Waals surface area contributed by atoms with Crippen molar-refractivity contribution in [3.63, 3.8) is 0 Å². The van der Waals surface area contributed by atoms with E-state index in [4.69, 9.17) is 5.73 Å². The van der Waals surface area contributed by atoms with Crippen molar-refractivity contribution < 1.29 is 9.59 Å². The van der Waals surface area contributed by atoms with Gasteiger partial charge in [-0.15, -0.1) is 0 Å². The largest absolute Gasteiger partial charge is 0.351 e. The SMILES string of the molecule is Cc1nc2ccccc2c(=O)n1CCC(=O)NC(N)=O. The Morgan fingerprint density at radius 3 is 2.75 bits per heavy atom. The molecule has 0 radical (unpaired) electrons. The molecule has 0 aliphatic rings. The van der Waals surface area contributed by atoms with E-state index in [1.54, 1.807) is 31.2 Å². The Morgan fingerprint density at radius 1 is 1.35 bits per heavy atom. The fourth-order valence-electron chi connectivity index (χ4n) is 1.96.